The molecule has 0 aliphatic rings. The van der Waals surface area contributed by atoms with Gasteiger partial charge in [0.15, 0.2) is 0 Å². The molecule has 0 N–H and O–H groups in total. The van der Waals surface area contributed by atoms with E-state index in [1.807, 2.05) is 26.0 Å². The Balaban J connectivity index is 2.17. The molecule has 0 radical (unpaired) electrons. The van der Waals surface area contributed by atoms with E-state index in [-0.39, 0.29) is 4.90 Å². The van der Waals surface area contributed by atoms with E-state index >= 15 is 0 Å². The van der Waals surface area contributed by atoms with Crippen LogP contribution in [0, 0.1) is 13.8 Å². The second-order valence-corrected chi connectivity index (χ2v) is 6.57. The van der Waals surface area contributed by atoms with Crippen molar-refractivity contribution < 1.29 is 8.76 Å². The van der Waals surface area contributed by atoms with Crippen LogP contribution in [0.3, 0.4) is 0 Å². The molecule has 0 aliphatic heterocycles. The van der Waals surface area contributed by atoms with Gasteiger partial charge in [-0.15, -0.1) is 0 Å². The lowest BCUT2D eigenvalue weighted by molar-refractivity contribution is 0.537. The molecular weight excluding hydrogens is 318 g/mol. The molecular formula is C17H13ClNO2S-. The van der Waals surface area contributed by atoms with Crippen LogP contribution in [-0.4, -0.2) is 13.7 Å². The number of aryl methyl sites for hydroxylation is 2. The third kappa shape index (κ3) is 2.77. The first-order valence-electron chi connectivity index (χ1n) is 6.73. The summed E-state index contributed by atoms with van der Waals surface area (Å²) in [4.78, 5) is 4.92. The van der Waals surface area contributed by atoms with Gasteiger partial charge in [0.1, 0.15) is 0 Å². The molecule has 0 amide bonds. The highest BCUT2D eigenvalue weighted by atomic mass is 35.5. The zero-order valence-corrected chi connectivity index (χ0v) is 13.7. The molecule has 5 heteroatoms. The molecule has 0 fully saturated rings. The Morgan fingerprint density at radius 1 is 1.09 bits per heavy atom. The number of rotatable bonds is 2. The van der Waals surface area contributed by atoms with E-state index < -0.39 is 11.1 Å². The standard InChI is InChI=1S/C17H14ClNO2S/c1-10-7-11(2)17-14(18)9-15(19-16(17)8-10)12-3-5-13(6-4-12)22(20)21/h3-9H,1-2H3,(H,20,21)/p-1. The van der Waals surface area contributed by atoms with E-state index in [4.69, 9.17) is 11.6 Å². The lowest BCUT2D eigenvalue weighted by Crippen LogP contribution is -1.92. The van der Waals surface area contributed by atoms with Crippen molar-refractivity contribution in [2.24, 2.45) is 0 Å². The lowest BCUT2D eigenvalue weighted by atomic mass is 10.0. The maximum Gasteiger partial charge on any atom is 0.0729 e. The van der Waals surface area contributed by atoms with Gasteiger partial charge in [-0.25, -0.2) is 4.98 Å². The van der Waals surface area contributed by atoms with Gasteiger partial charge in [0.2, 0.25) is 0 Å². The number of hydrogen-bond donors (Lipinski definition) is 0. The summed E-state index contributed by atoms with van der Waals surface area (Å²) < 4.78 is 21.8. The quantitative estimate of drug-likeness (QED) is 0.654. The van der Waals surface area contributed by atoms with Crippen LogP contribution >= 0.6 is 11.6 Å². The molecule has 1 unspecified atom stereocenters. The first kappa shape index (κ1) is 15.2. The average molecular weight is 331 g/mol. The van der Waals surface area contributed by atoms with E-state index in [0.29, 0.717) is 5.02 Å². The molecule has 0 aliphatic carbocycles. The fraction of sp³-hybridized carbons (Fsp3) is 0.118. The van der Waals surface area contributed by atoms with Crippen molar-refractivity contribution in [3.8, 4) is 11.3 Å². The average Bonchev–Trinajstić information content (AvgIpc) is 2.46. The van der Waals surface area contributed by atoms with Crippen molar-refractivity contribution in [3.63, 3.8) is 0 Å². The Bertz CT molecular complexity index is 891. The fourth-order valence-electron chi connectivity index (χ4n) is 2.58. The summed E-state index contributed by atoms with van der Waals surface area (Å²) >= 11 is 4.19. The molecule has 1 heterocycles. The van der Waals surface area contributed by atoms with Gasteiger partial charge in [0, 0.05) is 15.8 Å². The van der Waals surface area contributed by atoms with Crippen molar-refractivity contribution in [2.45, 2.75) is 18.7 Å². The molecule has 3 rings (SSSR count). The van der Waals surface area contributed by atoms with Crippen molar-refractivity contribution in [1.82, 2.24) is 4.98 Å². The maximum absolute atomic E-state index is 10.9. The predicted octanol–water partition coefficient (Wildman–Crippen LogP) is 4.41. The smallest absolute Gasteiger partial charge is 0.0729 e. The first-order chi connectivity index (χ1) is 10.5. The van der Waals surface area contributed by atoms with Gasteiger partial charge in [-0.3, -0.25) is 4.21 Å². The molecule has 0 saturated heterocycles. The minimum absolute atomic E-state index is 0.252. The molecule has 1 aromatic heterocycles. The van der Waals surface area contributed by atoms with Crippen LogP contribution in [0.25, 0.3) is 22.2 Å². The summed E-state index contributed by atoms with van der Waals surface area (Å²) in [7, 11) is 0. The topological polar surface area (TPSA) is 53.0 Å². The van der Waals surface area contributed by atoms with E-state index in [1.54, 1.807) is 24.3 Å². The number of pyridine rings is 1. The SMILES string of the molecule is Cc1cc(C)c2c(Cl)cc(-c3ccc(S(=O)[O-])cc3)nc2c1. The Labute approximate surface area is 136 Å². The van der Waals surface area contributed by atoms with Gasteiger partial charge in [-0.05, 0) is 60.3 Å². The number of aromatic nitrogens is 1. The summed E-state index contributed by atoms with van der Waals surface area (Å²) in [5.74, 6) is 0. The zero-order chi connectivity index (χ0) is 15.9. The lowest BCUT2D eigenvalue weighted by Gasteiger charge is -2.10. The first-order valence-corrected chi connectivity index (χ1v) is 8.18. The van der Waals surface area contributed by atoms with Crippen LogP contribution in [-0.2, 0) is 11.1 Å². The van der Waals surface area contributed by atoms with Crippen molar-refractivity contribution in [3.05, 3.63) is 58.6 Å². The summed E-state index contributed by atoms with van der Waals surface area (Å²) in [6.45, 7) is 4.04. The van der Waals surface area contributed by atoms with Crippen LogP contribution in [0.1, 0.15) is 11.1 Å². The van der Waals surface area contributed by atoms with Gasteiger partial charge < -0.3 is 4.55 Å². The van der Waals surface area contributed by atoms with Crippen LogP contribution in [0.5, 0.6) is 0 Å². The normalized spacial score (nSPS) is 12.5. The predicted molar refractivity (Wildman–Crippen MR) is 88.8 cm³/mol. The fourth-order valence-corrected chi connectivity index (χ4v) is 3.29. The highest BCUT2D eigenvalue weighted by Crippen LogP contribution is 2.31. The Kier molecular flexibility index (Phi) is 4.00. The molecule has 0 spiro atoms. The molecule has 0 bridgehead atoms. The number of hydrogen-bond acceptors (Lipinski definition) is 3. The van der Waals surface area contributed by atoms with Crippen molar-refractivity contribution >= 4 is 33.6 Å². The summed E-state index contributed by atoms with van der Waals surface area (Å²) in [6, 6.07) is 12.5. The molecule has 3 nitrogen and oxygen atoms in total. The molecule has 3 aromatic rings. The molecule has 22 heavy (non-hydrogen) atoms. The van der Waals surface area contributed by atoms with Crippen LogP contribution < -0.4 is 0 Å². The third-order valence-corrected chi connectivity index (χ3v) is 4.50. The Morgan fingerprint density at radius 3 is 2.41 bits per heavy atom. The Hall–Kier alpha value is -1.75. The molecule has 0 saturated carbocycles. The number of nitrogens with zero attached hydrogens (tertiary/aromatic N) is 1. The maximum atomic E-state index is 10.9. The molecule has 112 valence electrons. The summed E-state index contributed by atoms with van der Waals surface area (Å²) in [5, 5.41) is 1.60. The van der Waals surface area contributed by atoms with E-state index in [9.17, 15) is 8.76 Å². The monoisotopic (exact) mass is 330 g/mol. The Morgan fingerprint density at radius 2 is 1.77 bits per heavy atom. The minimum atomic E-state index is -2.22. The van der Waals surface area contributed by atoms with E-state index in [0.717, 1.165) is 33.3 Å². The molecule has 1 atom stereocenters. The van der Waals surface area contributed by atoms with Crippen LogP contribution in [0.15, 0.2) is 47.4 Å². The summed E-state index contributed by atoms with van der Waals surface area (Å²) in [6.07, 6.45) is 0. The van der Waals surface area contributed by atoms with E-state index in [2.05, 4.69) is 11.1 Å². The third-order valence-electron chi connectivity index (χ3n) is 3.54. The van der Waals surface area contributed by atoms with Gasteiger partial charge >= 0.3 is 0 Å². The van der Waals surface area contributed by atoms with Crippen molar-refractivity contribution in [1.29, 1.82) is 0 Å². The van der Waals surface area contributed by atoms with E-state index in [1.165, 1.54) is 0 Å². The highest BCUT2D eigenvalue weighted by molar-refractivity contribution is 7.79. The number of fused-ring (bicyclic) bond motifs is 1. The van der Waals surface area contributed by atoms with Crippen molar-refractivity contribution in [2.75, 3.05) is 0 Å². The molecule has 2 aromatic carbocycles. The van der Waals surface area contributed by atoms with Gasteiger partial charge in [0.05, 0.1) is 16.2 Å². The second-order valence-electron chi connectivity index (χ2n) is 5.22. The zero-order valence-electron chi connectivity index (χ0n) is 12.1. The van der Waals surface area contributed by atoms with Crippen LogP contribution in [0.4, 0.5) is 0 Å². The van der Waals surface area contributed by atoms with Gasteiger partial charge in [-0.1, -0.05) is 29.8 Å². The minimum Gasteiger partial charge on any atom is -0.768 e. The summed E-state index contributed by atoms with van der Waals surface area (Å²) in [5.41, 5.74) is 4.62. The van der Waals surface area contributed by atoms with Gasteiger partial charge in [-0.2, -0.15) is 0 Å². The van der Waals surface area contributed by atoms with Gasteiger partial charge in [0.25, 0.3) is 0 Å². The second kappa shape index (κ2) is 5.80. The largest absolute Gasteiger partial charge is 0.768 e. The number of halogens is 1. The highest BCUT2D eigenvalue weighted by Gasteiger charge is 2.09. The van der Waals surface area contributed by atoms with Crippen LogP contribution in [0.2, 0.25) is 5.02 Å². The number of benzene rings is 2.